The molecular formula is C25H42O4Si. The Morgan fingerprint density at radius 3 is 2.03 bits per heavy atom. The molecule has 170 valence electrons. The summed E-state index contributed by atoms with van der Waals surface area (Å²) in [5.41, 5.74) is 1.17. The Bertz CT molecular complexity index is 663. The van der Waals surface area contributed by atoms with Gasteiger partial charge in [0.25, 0.3) is 0 Å². The summed E-state index contributed by atoms with van der Waals surface area (Å²) in [7, 11) is -2.71. The van der Waals surface area contributed by atoms with Crippen molar-refractivity contribution >= 4 is 14.8 Å². The molecule has 30 heavy (non-hydrogen) atoms. The van der Waals surface area contributed by atoms with Crippen molar-refractivity contribution in [3.8, 4) is 0 Å². The number of hydrogen-bond donors (Lipinski definition) is 0. The Morgan fingerprint density at radius 2 is 1.53 bits per heavy atom. The van der Waals surface area contributed by atoms with Crippen LogP contribution in [0.5, 0.6) is 0 Å². The summed E-state index contributed by atoms with van der Waals surface area (Å²) in [6.07, 6.45) is 0.889. The summed E-state index contributed by atoms with van der Waals surface area (Å²) in [6.45, 7) is 20.9. The zero-order valence-corrected chi connectivity index (χ0v) is 21.4. The first-order valence-corrected chi connectivity index (χ1v) is 13.1. The molecular weight excluding hydrogens is 392 g/mol. The normalized spacial score (nSPS) is 26.8. The van der Waals surface area contributed by atoms with Gasteiger partial charge in [0.1, 0.15) is 6.29 Å². The molecule has 1 fully saturated rings. The molecule has 4 nitrogen and oxygen atoms in total. The lowest BCUT2D eigenvalue weighted by Gasteiger charge is -2.58. The van der Waals surface area contributed by atoms with Gasteiger partial charge in [-0.25, -0.2) is 0 Å². The van der Waals surface area contributed by atoms with Crippen LogP contribution in [0.3, 0.4) is 0 Å². The van der Waals surface area contributed by atoms with Gasteiger partial charge < -0.3 is 18.4 Å². The van der Waals surface area contributed by atoms with Gasteiger partial charge >= 0.3 is 8.56 Å². The number of rotatable bonds is 7. The highest BCUT2D eigenvalue weighted by atomic mass is 28.4. The predicted molar refractivity (Wildman–Crippen MR) is 125 cm³/mol. The molecule has 0 aliphatic carbocycles. The molecule has 0 N–H and O–H groups in total. The summed E-state index contributed by atoms with van der Waals surface area (Å²) in [5, 5.41) is -0.260. The molecule has 2 rings (SSSR count). The second-order valence-corrected chi connectivity index (χ2v) is 15.8. The second kappa shape index (κ2) is 9.64. The molecule has 0 bridgehead atoms. The van der Waals surface area contributed by atoms with Gasteiger partial charge in [-0.1, -0.05) is 92.6 Å². The number of ether oxygens (including phenoxy) is 1. The van der Waals surface area contributed by atoms with E-state index in [9.17, 15) is 4.79 Å². The molecule has 1 aliphatic heterocycles. The number of hydrogen-bond acceptors (Lipinski definition) is 4. The fourth-order valence-corrected chi connectivity index (χ4v) is 10.3. The van der Waals surface area contributed by atoms with E-state index in [1.54, 1.807) is 0 Å². The van der Waals surface area contributed by atoms with Crippen LogP contribution < -0.4 is 0 Å². The maximum atomic E-state index is 11.7. The third kappa shape index (κ3) is 5.24. The van der Waals surface area contributed by atoms with Crippen molar-refractivity contribution in [1.82, 2.24) is 0 Å². The molecule has 1 aromatic rings. The van der Waals surface area contributed by atoms with Crippen molar-refractivity contribution in [1.29, 1.82) is 0 Å². The van der Waals surface area contributed by atoms with Gasteiger partial charge in [-0.3, -0.25) is 0 Å². The number of benzene rings is 1. The molecule has 0 unspecified atom stereocenters. The second-order valence-electron chi connectivity index (χ2n) is 11.1. The van der Waals surface area contributed by atoms with Gasteiger partial charge in [-0.2, -0.15) is 0 Å². The minimum absolute atomic E-state index is 0.00737. The molecule has 1 aliphatic rings. The van der Waals surface area contributed by atoms with Crippen LogP contribution in [0.25, 0.3) is 0 Å². The molecule has 5 atom stereocenters. The highest BCUT2D eigenvalue weighted by Crippen LogP contribution is 2.56. The highest BCUT2D eigenvalue weighted by Gasteiger charge is 2.64. The Kier molecular flexibility index (Phi) is 8.11. The van der Waals surface area contributed by atoms with E-state index in [0.717, 1.165) is 6.29 Å². The van der Waals surface area contributed by atoms with Crippen LogP contribution in [0.2, 0.25) is 10.1 Å². The van der Waals surface area contributed by atoms with Crippen molar-refractivity contribution in [3.05, 3.63) is 35.9 Å². The first kappa shape index (κ1) is 25.2. The fourth-order valence-electron chi connectivity index (χ4n) is 4.97. The molecule has 1 heterocycles. The van der Waals surface area contributed by atoms with E-state index in [4.69, 9.17) is 13.6 Å². The van der Waals surface area contributed by atoms with Gasteiger partial charge in [0.05, 0.1) is 25.4 Å². The lowest BCUT2D eigenvalue weighted by Crippen LogP contribution is -2.67. The Hall–Kier alpha value is -1.01. The van der Waals surface area contributed by atoms with E-state index in [-0.39, 0.29) is 40.0 Å². The SMILES string of the molecule is C[C@H]1[C@H]([C@@H](C)C=O)O[Si](C(C)(C)C)(C(C)(C)C)O[C@H]1[C@@H](C)COCc1ccccc1. The summed E-state index contributed by atoms with van der Waals surface area (Å²) in [4.78, 5) is 11.7. The maximum Gasteiger partial charge on any atom is 0.349 e. The van der Waals surface area contributed by atoms with Gasteiger partial charge in [0, 0.05) is 27.8 Å². The zero-order valence-electron chi connectivity index (χ0n) is 20.4. The number of carbonyl (C=O) groups is 1. The first-order chi connectivity index (χ1) is 13.8. The van der Waals surface area contributed by atoms with Gasteiger partial charge in [-0.05, 0) is 5.56 Å². The Morgan fingerprint density at radius 1 is 1.00 bits per heavy atom. The smallest absolute Gasteiger partial charge is 0.349 e. The largest absolute Gasteiger partial charge is 0.390 e. The van der Waals surface area contributed by atoms with E-state index in [1.807, 2.05) is 25.1 Å². The average Bonchev–Trinajstić information content (AvgIpc) is 2.66. The fraction of sp³-hybridized carbons (Fsp3) is 0.720. The molecule has 0 radical (unpaired) electrons. The number of aldehydes is 1. The van der Waals surface area contributed by atoms with Crippen molar-refractivity contribution in [2.24, 2.45) is 17.8 Å². The van der Waals surface area contributed by atoms with E-state index in [0.29, 0.717) is 13.2 Å². The summed E-state index contributed by atoms with van der Waals surface area (Å²) in [5.74, 6) is 0.150. The molecule has 1 saturated heterocycles. The minimum Gasteiger partial charge on any atom is -0.390 e. The molecule has 0 amide bonds. The average molecular weight is 435 g/mol. The zero-order chi connectivity index (χ0) is 22.7. The van der Waals surface area contributed by atoms with Crippen molar-refractivity contribution < 1.29 is 18.4 Å². The van der Waals surface area contributed by atoms with Gasteiger partial charge in [0.2, 0.25) is 0 Å². The Balaban J connectivity index is 2.27. The minimum atomic E-state index is -2.71. The van der Waals surface area contributed by atoms with E-state index in [2.05, 4.69) is 67.5 Å². The number of carbonyl (C=O) groups excluding carboxylic acids is 1. The highest BCUT2D eigenvalue weighted by molar-refractivity contribution is 6.73. The van der Waals surface area contributed by atoms with Crippen LogP contribution in [0.15, 0.2) is 30.3 Å². The van der Waals surface area contributed by atoms with E-state index in [1.165, 1.54) is 5.56 Å². The molecule has 1 aromatic carbocycles. The van der Waals surface area contributed by atoms with Crippen LogP contribution >= 0.6 is 0 Å². The summed E-state index contributed by atoms with van der Waals surface area (Å²) in [6, 6.07) is 10.2. The van der Waals surface area contributed by atoms with E-state index >= 15 is 0 Å². The lowest BCUT2D eigenvalue weighted by molar-refractivity contribution is -0.129. The Labute approximate surface area is 184 Å². The monoisotopic (exact) mass is 434 g/mol. The van der Waals surface area contributed by atoms with Gasteiger partial charge in [0.15, 0.2) is 0 Å². The standard InChI is InChI=1S/C25H42O4Si/c1-18(15-26)22-20(3)23(19(2)16-27-17-21-13-11-10-12-14-21)29-30(28-22,24(4,5)6)25(7,8)9/h10-15,18-20,22-23H,16-17H2,1-9H3/t18-,19-,20-,22-,23-/m0/s1. The molecule has 5 heteroatoms. The topological polar surface area (TPSA) is 44.8 Å². The van der Waals surface area contributed by atoms with Crippen LogP contribution in [0.4, 0.5) is 0 Å². The molecule has 0 saturated carbocycles. The third-order valence-corrected chi connectivity index (χ3v) is 11.6. The third-order valence-electron chi connectivity index (χ3n) is 6.40. The van der Waals surface area contributed by atoms with Crippen LogP contribution in [0, 0.1) is 17.8 Å². The van der Waals surface area contributed by atoms with Crippen LogP contribution in [-0.4, -0.2) is 33.7 Å². The van der Waals surface area contributed by atoms with E-state index < -0.39 is 8.56 Å². The van der Waals surface area contributed by atoms with Crippen LogP contribution in [0.1, 0.15) is 67.9 Å². The van der Waals surface area contributed by atoms with Gasteiger partial charge in [-0.15, -0.1) is 0 Å². The van der Waals surface area contributed by atoms with Crippen molar-refractivity contribution in [2.75, 3.05) is 6.61 Å². The summed E-state index contributed by atoms with van der Waals surface area (Å²) >= 11 is 0. The maximum absolute atomic E-state index is 11.7. The van der Waals surface area contributed by atoms with Crippen molar-refractivity contribution in [3.63, 3.8) is 0 Å². The molecule has 0 aromatic heterocycles. The quantitative estimate of drug-likeness (QED) is 0.382. The van der Waals surface area contributed by atoms with Crippen molar-refractivity contribution in [2.45, 2.75) is 91.2 Å². The molecule has 0 spiro atoms. The lowest BCUT2D eigenvalue weighted by atomic mass is 9.85. The first-order valence-electron chi connectivity index (χ1n) is 11.3. The predicted octanol–water partition coefficient (Wildman–Crippen LogP) is 6.14. The summed E-state index contributed by atoms with van der Waals surface area (Å²) < 4.78 is 20.0. The van der Waals surface area contributed by atoms with Crippen LogP contribution in [-0.2, 0) is 25.0 Å².